The quantitative estimate of drug-likeness (QED) is 0.197. The first-order valence-electron chi connectivity index (χ1n) is 14.8. The molecule has 1 aliphatic rings. The van der Waals surface area contributed by atoms with Crippen LogP contribution >= 0.6 is 0 Å². The molecule has 1 aromatic heterocycles. The summed E-state index contributed by atoms with van der Waals surface area (Å²) < 4.78 is 76.9. The first kappa shape index (κ1) is 33.2. The third kappa shape index (κ3) is 7.14. The lowest BCUT2D eigenvalue weighted by molar-refractivity contribution is -0.274. The molecule has 2 heterocycles. The second-order valence-corrected chi connectivity index (χ2v) is 11.4. The number of ether oxygens (including phenoxy) is 4. The number of fused-ring (bicyclic) bond motifs is 1. The number of hydrogen-bond acceptors (Lipinski definition) is 8. The number of anilines is 1. The predicted molar refractivity (Wildman–Crippen MR) is 166 cm³/mol. The van der Waals surface area contributed by atoms with Crippen molar-refractivity contribution < 1.29 is 41.6 Å². The second kappa shape index (κ2) is 13.7. The molecule has 1 fully saturated rings. The zero-order valence-corrected chi connectivity index (χ0v) is 26.1. The maximum absolute atomic E-state index is 16.3. The fourth-order valence-corrected chi connectivity index (χ4v) is 5.95. The maximum Gasteiger partial charge on any atom is 0.573 e. The van der Waals surface area contributed by atoms with Gasteiger partial charge in [-0.15, -0.1) is 13.2 Å². The van der Waals surface area contributed by atoms with Crippen molar-refractivity contribution in [3.63, 3.8) is 0 Å². The van der Waals surface area contributed by atoms with Crippen molar-refractivity contribution in [1.29, 1.82) is 0 Å². The van der Waals surface area contributed by atoms with E-state index >= 15 is 4.39 Å². The largest absolute Gasteiger partial charge is 0.573 e. The topological polar surface area (TPSA) is 76.5 Å². The molecular weight excluding hydrogens is 606 g/mol. The van der Waals surface area contributed by atoms with Crippen LogP contribution in [0.1, 0.15) is 29.0 Å². The molecule has 0 aliphatic carbocycles. The first-order chi connectivity index (χ1) is 21.9. The van der Waals surface area contributed by atoms with E-state index in [0.717, 1.165) is 17.8 Å². The first-order valence-corrected chi connectivity index (χ1v) is 14.8. The van der Waals surface area contributed by atoms with E-state index < -0.39 is 29.4 Å². The minimum atomic E-state index is -4.96. The van der Waals surface area contributed by atoms with E-state index in [2.05, 4.69) is 9.64 Å². The average molecular weight is 644 g/mol. The van der Waals surface area contributed by atoms with E-state index in [1.165, 1.54) is 38.5 Å². The summed E-state index contributed by atoms with van der Waals surface area (Å²) in [7, 11) is 6.36. The Balaban J connectivity index is 1.78. The van der Waals surface area contributed by atoms with Crippen molar-refractivity contribution in [1.82, 2.24) is 9.88 Å². The van der Waals surface area contributed by atoms with Gasteiger partial charge in [0.05, 0.1) is 38.9 Å². The number of aromatic nitrogens is 1. The van der Waals surface area contributed by atoms with Crippen LogP contribution in [0.15, 0.2) is 66.7 Å². The Hall–Kier alpha value is -4.13. The van der Waals surface area contributed by atoms with E-state index in [9.17, 15) is 18.3 Å². The van der Waals surface area contributed by atoms with Gasteiger partial charge in [0, 0.05) is 41.8 Å². The van der Waals surface area contributed by atoms with Crippen molar-refractivity contribution in [2.45, 2.75) is 24.3 Å². The number of morpholine rings is 1. The van der Waals surface area contributed by atoms with Gasteiger partial charge in [-0.05, 0) is 68.5 Å². The summed E-state index contributed by atoms with van der Waals surface area (Å²) in [6.45, 7) is 2.91. The van der Waals surface area contributed by atoms with Crippen molar-refractivity contribution in [2.75, 3.05) is 66.1 Å². The van der Waals surface area contributed by atoms with Crippen LogP contribution in [0, 0.1) is 5.82 Å². The molecule has 0 saturated carbocycles. The Morgan fingerprint density at radius 2 is 1.70 bits per heavy atom. The fourth-order valence-electron chi connectivity index (χ4n) is 5.95. The monoisotopic (exact) mass is 643 g/mol. The Kier molecular flexibility index (Phi) is 9.90. The third-order valence-electron chi connectivity index (χ3n) is 8.18. The van der Waals surface area contributed by atoms with Crippen molar-refractivity contribution in [2.24, 2.45) is 0 Å². The Morgan fingerprint density at radius 3 is 2.37 bits per heavy atom. The predicted octanol–water partition coefficient (Wildman–Crippen LogP) is 6.10. The minimum Gasteiger partial charge on any atom is -0.494 e. The molecule has 1 saturated heterocycles. The molecule has 0 radical (unpaired) electrons. The molecule has 246 valence electrons. The number of hydrogen-bond donors (Lipinski definition) is 1. The smallest absolute Gasteiger partial charge is 0.494 e. The standard InChI is InChI=1S/C34H37F4N3O5/c1-40(2)14-13-33(42,23-7-5-8-25(21-23)46-34(36,37)38)30(26-9-6-10-29(43-3)31(26)35)27-20-22-19-24(41-15-17-45-18-16-41)11-12-28(22)39-32(27)44-4/h5-12,19-21,30,42H,13-18H2,1-4H3. The molecule has 0 amide bonds. The second-order valence-electron chi connectivity index (χ2n) is 11.4. The number of rotatable bonds is 11. The number of aliphatic hydroxyl groups is 1. The van der Waals surface area contributed by atoms with Gasteiger partial charge in [0.1, 0.15) is 11.4 Å². The Bertz CT molecular complexity index is 1660. The number of nitrogens with zero attached hydrogens (tertiary/aromatic N) is 3. The summed E-state index contributed by atoms with van der Waals surface area (Å²) in [6.07, 6.45) is -4.96. The lowest BCUT2D eigenvalue weighted by Gasteiger charge is -2.39. The maximum atomic E-state index is 16.3. The lowest BCUT2D eigenvalue weighted by Crippen LogP contribution is -2.38. The van der Waals surface area contributed by atoms with Crippen molar-refractivity contribution in [3.05, 3.63) is 89.2 Å². The SMILES string of the molecule is COc1cccc(C(c2cc3cc(N4CCOCC4)ccc3nc2OC)C(O)(CCN(C)C)c2cccc(OC(F)(F)F)c2)c1F. The lowest BCUT2D eigenvalue weighted by atomic mass is 9.71. The molecule has 2 atom stereocenters. The molecule has 1 N–H and O–H groups in total. The van der Waals surface area contributed by atoms with Crippen LogP contribution in [0.2, 0.25) is 0 Å². The van der Waals surface area contributed by atoms with Crippen LogP contribution in [0.25, 0.3) is 10.9 Å². The highest BCUT2D eigenvalue weighted by Crippen LogP contribution is 2.49. The van der Waals surface area contributed by atoms with Crippen LogP contribution in [-0.2, 0) is 10.3 Å². The number of pyridine rings is 1. The molecule has 4 aromatic rings. The van der Waals surface area contributed by atoms with Gasteiger partial charge in [-0.1, -0.05) is 24.3 Å². The Labute approximate surface area is 265 Å². The number of alkyl halides is 3. The van der Waals surface area contributed by atoms with Gasteiger partial charge < -0.3 is 33.9 Å². The van der Waals surface area contributed by atoms with Gasteiger partial charge in [0.25, 0.3) is 0 Å². The zero-order valence-electron chi connectivity index (χ0n) is 26.1. The molecule has 5 rings (SSSR count). The van der Waals surface area contributed by atoms with E-state index in [1.807, 2.05) is 23.1 Å². The highest BCUT2D eigenvalue weighted by atomic mass is 19.4. The molecule has 0 spiro atoms. The van der Waals surface area contributed by atoms with Gasteiger partial charge >= 0.3 is 6.36 Å². The normalized spacial score (nSPS) is 15.9. The van der Waals surface area contributed by atoms with Crippen LogP contribution < -0.4 is 19.1 Å². The minimum absolute atomic E-state index is 0.00814. The summed E-state index contributed by atoms with van der Waals surface area (Å²) in [5, 5.41) is 13.6. The van der Waals surface area contributed by atoms with E-state index in [-0.39, 0.29) is 29.2 Å². The van der Waals surface area contributed by atoms with Gasteiger partial charge in [-0.2, -0.15) is 0 Å². The summed E-state index contributed by atoms with van der Waals surface area (Å²) >= 11 is 0. The summed E-state index contributed by atoms with van der Waals surface area (Å²) in [5.74, 6) is -2.40. The highest BCUT2D eigenvalue weighted by molar-refractivity contribution is 5.84. The van der Waals surface area contributed by atoms with E-state index in [0.29, 0.717) is 49.3 Å². The van der Waals surface area contributed by atoms with Crippen LogP contribution in [0.5, 0.6) is 17.4 Å². The van der Waals surface area contributed by atoms with Gasteiger partial charge in [-0.25, -0.2) is 9.37 Å². The van der Waals surface area contributed by atoms with Crippen molar-refractivity contribution in [3.8, 4) is 17.4 Å². The van der Waals surface area contributed by atoms with Gasteiger partial charge in [0.15, 0.2) is 11.6 Å². The number of methoxy groups -OCH3 is 2. The fraction of sp³-hybridized carbons (Fsp3) is 0.382. The molecular formula is C34H37F4N3O5. The van der Waals surface area contributed by atoms with Crippen LogP contribution in [-0.4, -0.2) is 82.5 Å². The van der Waals surface area contributed by atoms with E-state index in [1.54, 1.807) is 26.2 Å². The zero-order chi connectivity index (χ0) is 33.1. The van der Waals surface area contributed by atoms with Crippen molar-refractivity contribution >= 4 is 16.6 Å². The molecule has 1 aliphatic heterocycles. The molecule has 12 heteroatoms. The molecule has 2 unspecified atom stereocenters. The highest BCUT2D eigenvalue weighted by Gasteiger charge is 2.44. The summed E-state index contributed by atoms with van der Waals surface area (Å²) in [4.78, 5) is 8.76. The molecule has 3 aromatic carbocycles. The summed E-state index contributed by atoms with van der Waals surface area (Å²) in [5.41, 5.74) is 0.0359. The van der Waals surface area contributed by atoms with Crippen LogP contribution in [0.3, 0.4) is 0 Å². The Morgan fingerprint density at radius 1 is 0.957 bits per heavy atom. The average Bonchev–Trinajstić information content (AvgIpc) is 3.03. The molecule has 46 heavy (non-hydrogen) atoms. The van der Waals surface area contributed by atoms with E-state index in [4.69, 9.17) is 19.2 Å². The number of benzene rings is 3. The van der Waals surface area contributed by atoms with Gasteiger partial charge in [-0.3, -0.25) is 0 Å². The molecule has 0 bridgehead atoms. The molecule has 8 nitrogen and oxygen atoms in total. The van der Waals surface area contributed by atoms with Crippen LogP contribution in [0.4, 0.5) is 23.2 Å². The van der Waals surface area contributed by atoms with Gasteiger partial charge in [0.2, 0.25) is 5.88 Å². The third-order valence-corrected chi connectivity index (χ3v) is 8.18. The number of halogens is 4. The summed E-state index contributed by atoms with van der Waals surface area (Å²) in [6, 6.07) is 17.3.